The van der Waals surface area contributed by atoms with Crippen molar-refractivity contribution >= 4 is 5.91 Å². The number of amides is 1. The molecule has 0 aromatic carbocycles. The number of likely N-dealkylation sites (N-methyl/N-ethyl adjacent to an activating group) is 1. The number of hydrogen-bond donors (Lipinski definition) is 1. The summed E-state index contributed by atoms with van der Waals surface area (Å²) in [5.41, 5.74) is 0. The smallest absolute Gasteiger partial charge is 0.229 e. The average Bonchev–Trinajstić information content (AvgIpc) is 2.35. The standard InChI is InChI=1S/C7H10N2O2/c1-5-4-9-7(11-5)3-6(10)8-2/h4H,3H2,1-2H3,(H,8,10). The van der Waals surface area contributed by atoms with Crippen LogP contribution in [0.5, 0.6) is 0 Å². The molecule has 0 aliphatic rings. The predicted molar refractivity (Wildman–Crippen MR) is 39.0 cm³/mol. The summed E-state index contributed by atoms with van der Waals surface area (Å²) in [6.07, 6.45) is 1.81. The van der Waals surface area contributed by atoms with Gasteiger partial charge in [-0.25, -0.2) is 4.98 Å². The molecule has 0 fully saturated rings. The number of carbonyl (C=O) groups is 1. The second-order valence-corrected chi connectivity index (χ2v) is 2.21. The van der Waals surface area contributed by atoms with E-state index >= 15 is 0 Å². The molecule has 1 aromatic rings. The molecule has 0 unspecified atom stereocenters. The van der Waals surface area contributed by atoms with Gasteiger partial charge in [0.2, 0.25) is 11.8 Å². The van der Waals surface area contributed by atoms with Crippen LogP contribution in [0, 0.1) is 6.92 Å². The summed E-state index contributed by atoms with van der Waals surface area (Å²) >= 11 is 0. The van der Waals surface area contributed by atoms with Gasteiger partial charge in [0, 0.05) is 7.05 Å². The summed E-state index contributed by atoms with van der Waals surface area (Å²) in [7, 11) is 1.58. The van der Waals surface area contributed by atoms with Crippen LogP contribution in [0.25, 0.3) is 0 Å². The summed E-state index contributed by atoms with van der Waals surface area (Å²) in [6.45, 7) is 1.79. The number of hydrogen-bond acceptors (Lipinski definition) is 3. The van der Waals surface area contributed by atoms with Crippen molar-refractivity contribution in [1.29, 1.82) is 0 Å². The molecule has 0 spiro atoms. The minimum absolute atomic E-state index is 0.0909. The normalized spacial score (nSPS) is 9.64. The molecule has 0 aliphatic heterocycles. The number of nitrogens with zero attached hydrogens (tertiary/aromatic N) is 1. The third-order valence-electron chi connectivity index (χ3n) is 1.26. The second kappa shape index (κ2) is 3.18. The number of aromatic nitrogens is 1. The van der Waals surface area contributed by atoms with Crippen LogP contribution in [0.1, 0.15) is 11.7 Å². The lowest BCUT2D eigenvalue weighted by Crippen LogP contribution is -2.19. The second-order valence-electron chi connectivity index (χ2n) is 2.21. The molecule has 60 valence electrons. The van der Waals surface area contributed by atoms with Gasteiger partial charge in [-0.15, -0.1) is 0 Å². The largest absolute Gasteiger partial charge is 0.445 e. The Labute approximate surface area is 64.6 Å². The van der Waals surface area contributed by atoms with Crippen molar-refractivity contribution in [3.63, 3.8) is 0 Å². The molecular weight excluding hydrogens is 144 g/mol. The van der Waals surface area contributed by atoms with Crippen molar-refractivity contribution in [3.8, 4) is 0 Å². The maximum atomic E-state index is 10.8. The van der Waals surface area contributed by atoms with Crippen LogP contribution in [0.15, 0.2) is 10.6 Å². The summed E-state index contributed by atoms with van der Waals surface area (Å²) in [5, 5.41) is 2.48. The molecule has 0 saturated carbocycles. The van der Waals surface area contributed by atoms with Crippen LogP contribution in [0.2, 0.25) is 0 Å². The van der Waals surface area contributed by atoms with Crippen LogP contribution < -0.4 is 5.32 Å². The Morgan fingerprint density at radius 1 is 1.82 bits per heavy atom. The molecule has 0 radical (unpaired) electrons. The first-order valence-corrected chi connectivity index (χ1v) is 3.34. The molecule has 1 aromatic heterocycles. The first-order valence-electron chi connectivity index (χ1n) is 3.34. The van der Waals surface area contributed by atoms with Gasteiger partial charge in [0.1, 0.15) is 12.2 Å². The third-order valence-corrected chi connectivity index (χ3v) is 1.26. The molecule has 1 rings (SSSR count). The highest BCUT2D eigenvalue weighted by Gasteiger charge is 2.05. The third kappa shape index (κ3) is 2.07. The average molecular weight is 154 g/mol. The summed E-state index contributed by atoms with van der Waals surface area (Å²) in [4.78, 5) is 14.7. The van der Waals surface area contributed by atoms with Crippen LogP contribution in [-0.2, 0) is 11.2 Å². The van der Waals surface area contributed by atoms with Crippen LogP contribution in [-0.4, -0.2) is 17.9 Å². The van der Waals surface area contributed by atoms with Gasteiger partial charge in [0.05, 0.1) is 6.20 Å². The van der Waals surface area contributed by atoms with E-state index in [0.29, 0.717) is 5.89 Å². The Kier molecular flexibility index (Phi) is 2.25. The van der Waals surface area contributed by atoms with E-state index in [1.54, 1.807) is 20.2 Å². The topological polar surface area (TPSA) is 55.1 Å². The maximum absolute atomic E-state index is 10.8. The fourth-order valence-corrected chi connectivity index (χ4v) is 0.709. The Morgan fingerprint density at radius 3 is 3.00 bits per heavy atom. The first-order chi connectivity index (χ1) is 5.22. The van der Waals surface area contributed by atoms with E-state index < -0.39 is 0 Å². The van der Waals surface area contributed by atoms with E-state index in [-0.39, 0.29) is 12.3 Å². The van der Waals surface area contributed by atoms with E-state index in [0.717, 1.165) is 5.76 Å². The van der Waals surface area contributed by atoms with Gasteiger partial charge >= 0.3 is 0 Å². The van der Waals surface area contributed by atoms with Crippen LogP contribution in [0.3, 0.4) is 0 Å². The fraction of sp³-hybridized carbons (Fsp3) is 0.429. The summed E-state index contributed by atoms with van der Waals surface area (Å²) < 4.78 is 5.08. The SMILES string of the molecule is CNC(=O)Cc1ncc(C)o1. The molecule has 1 amide bonds. The Balaban J connectivity index is 2.57. The van der Waals surface area contributed by atoms with Crippen LogP contribution >= 0.6 is 0 Å². The molecule has 0 bridgehead atoms. The maximum Gasteiger partial charge on any atom is 0.229 e. The number of nitrogens with one attached hydrogen (secondary N) is 1. The highest BCUT2D eigenvalue weighted by Crippen LogP contribution is 2.01. The Morgan fingerprint density at radius 2 is 2.55 bits per heavy atom. The molecular formula is C7H10N2O2. The van der Waals surface area contributed by atoms with E-state index in [1.807, 2.05) is 0 Å². The lowest BCUT2D eigenvalue weighted by Gasteiger charge is -1.92. The highest BCUT2D eigenvalue weighted by atomic mass is 16.4. The lowest BCUT2D eigenvalue weighted by atomic mass is 10.4. The Hall–Kier alpha value is -1.32. The van der Waals surface area contributed by atoms with Gasteiger partial charge in [0.15, 0.2) is 0 Å². The molecule has 4 nitrogen and oxygen atoms in total. The first kappa shape index (κ1) is 7.78. The number of rotatable bonds is 2. The zero-order chi connectivity index (χ0) is 8.27. The molecule has 0 saturated heterocycles. The predicted octanol–water partition coefficient (Wildman–Crippen LogP) is 0.272. The zero-order valence-corrected chi connectivity index (χ0v) is 6.55. The quantitative estimate of drug-likeness (QED) is 0.665. The van der Waals surface area contributed by atoms with Crippen molar-refractivity contribution in [2.75, 3.05) is 7.05 Å². The van der Waals surface area contributed by atoms with Gasteiger partial charge in [-0.2, -0.15) is 0 Å². The fourth-order valence-electron chi connectivity index (χ4n) is 0.709. The molecule has 0 atom stereocenters. The Bertz CT molecular complexity index is 255. The summed E-state index contributed by atoms with van der Waals surface area (Å²) in [6, 6.07) is 0. The van der Waals surface area contributed by atoms with Crippen molar-refractivity contribution in [2.45, 2.75) is 13.3 Å². The summed E-state index contributed by atoms with van der Waals surface area (Å²) in [5.74, 6) is 1.10. The monoisotopic (exact) mass is 154 g/mol. The molecule has 0 aliphatic carbocycles. The zero-order valence-electron chi connectivity index (χ0n) is 6.55. The van der Waals surface area contributed by atoms with Gasteiger partial charge in [-0.1, -0.05) is 0 Å². The highest BCUT2D eigenvalue weighted by molar-refractivity contribution is 5.77. The minimum atomic E-state index is -0.0909. The van der Waals surface area contributed by atoms with Gasteiger partial charge in [-0.05, 0) is 6.92 Å². The molecule has 1 N–H and O–H groups in total. The van der Waals surface area contributed by atoms with E-state index in [1.165, 1.54) is 0 Å². The van der Waals surface area contributed by atoms with Crippen molar-refractivity contribution < 1.29 is 9.21 Å². The molecule has 4 heteroatoms. The lowest BCUT2D eigenvalue weighted by molar-refractivity contribution is -0.120. The van der Waals surface area contributed by atoms with Crippen LogP contribution in [0.4, 0.5) is 0 Å². The van der Waals surface area contributed by atoms with Gasteiger partial charge in [-0.3, -0.25) is 4.79 Å². The number of aryl methyl sites for hydroxylation is 1. The number of oxazole rings is 1. The van der Waals surface area contributed by atoms with Gasteiger partial charge in [0.25, 0.3) is 0 Å². The van der Waals surface area contributed by atoms with E-state index in [9.17, 15) is 4.79 Å². The van der Waals surface area contributed by atoms with Crippen molar-refractivity contribution in [3.05, 3.63) is 17.8 Å². The van der Waals surface area contributed by atoms with Crippen molar-refractivity contribution in [2.24, 2.45) is 0 Å². The van der Waals surface area contributed by atoms with E-state index in [2.05, 4.69) is 10.3 Å². The van der Waals surface area contributed by atoms with E-state index in [4.69, 9.17) is 4.42 Å². The van der Waals surface area contributed by atoms with Crippen molar-refractivity contribution in [1.82, 2.24) is 10.3 Å². The molecule has 1 heterocycles. The minimum Gasteiger partial charge on any atom is -0.445 e. The molecule has 11 heavy (non-hydrogen) atoms. The number of carbonyl (C=O) groups excluding carboxylic acids is 1. The van der Waals surface area contributed by atoms with Gasteiger partial charge < -0.3 is 9.73 Å².